The van der Waals surface area contributed by atoms with Crippen LogP contribution in [0.5, 0.6) is 0 Å². The normalized spacial score (nSPS) is 22.9. The Labute approximate surface area is 149 Å². The van der Waals surface area contributed by atoms with Crippen LogP contribution in [-0.2, 0) is 5.41 Å². The molecule has 1 unspecified atom stereocenters. The standard InChI is InChI=1S/C20H22.2C2H6/c1-13-4-6-18(14(2)10-13)19-7-5-16(11-15(19)3)20-9-8-17(20)12-20;2*1-2/h4-7,10-11,17H,8-9,12H2,1-3H3;2*1-2H3/t17?,20-;;/m0../s1. The summed E-state index contributed by atoms with van der Waals surface area (Å²) in [6.45, 7) is 14.7. The number of hydrogen-bond acceptors (Lipinski definition) is 0. The lowest BCUT2D eigenvalue weighted by Crippen LogP contribution is -2.19. The molecule has 24 heavy (non-hydrogen) atoms. The molecule has 0 radical (unpaired) electrons. The monoisotopic (exact) mass is 322 g/mol. The van der Waals surface area contributed by atoms with E-state index in [0.717, 1.165) is 5.92 Å². The average Bonchev–Trinajstić information content (AvgIpc) is 3.13. The molecule has 4 rings (SSSR count). The molecular weight excluding hydrogens is 288 g/mol. The molecule has 2 aromatic carbocycles. The highest BCUT2D eigenvalue weighted by molar-refractivity contribution is 5.71. The van der Waals surface area contributed by atoms with Gasteiger partial charge in [0.05, 0.1) is 0 Å². The van der Waals surface area contributed by atoms with Crippen molar-refractivity contribution in [3.63, 3.8) is 0 Å². The molecule has 0 heteroatoms. The smallest absolute Gasteiger partial charge is 0.00153 e. The van der Waals surface area contributed by atoms with Crippen LogP contribution in [0.3, 0.4) is 0 Å². The summed E-state index contributed by atoms with van der Waals surface area (Å²) >= 11 is 0. The van der Waals surface area contributed by atoms with Crippen LogP contribution in [0.4, 0.5) is 0 Å². The van der Waals surface area contributed by atoms with Crippen molar-refractivity contribution in [2.45, 2.75) is 73.1 Å². The third-order valence-electron chi connectivity index (χ3n) is 5.64. The molecular formula is C24H34. The first-order chi connectivity index (χ1) is 11.6. The van der Waals surface area contributed by atoms with E-state index in [9.17, 15) is 0 Å². The molecule has 2 fully saturated rings. The van der Waals surface area contributed by atoms with Crippen molar-refractivity contribution in [1.82, 2.24) is 0 Å². The van der Waals surface area contributed by atoms with E-state index < -0.39 is 0 Å². The summed E-state index contributed by atoms with van der Waals surface area (Å²) in [5.74, 6) is 1.01. The number of rotatable bonds is 2. The first kappa shape index (κ1) is 18.8. The summed E-state index contributed by atoms with van der Waals surface area (Å²) in [7, 11) is 0. The molecule has 0 spiro atoms. The minimum absolute atomic E-state index is 0.603. The van der Waals surface area contributed by atoms with Crippen LogP contribution in [0.15, 0.2) is 36.4 Å². The van der Waals surface area contributed by atoms with Crippen molar-refractivity contribution < 1.29 is 0 Å². The first-order valence-electron chi connectivity index (χ1n) is 9.79. The Morgan fingerprint density at radius 3 is 1.79 bits per heavy atom. The molecule has 0 amide bonds. The molecule has 2 atom stereocenters. The van der Waals surface area contributed by atoms with Gasteiger partial charge in [-0.2, -0.15) is 0 Å². The van der Waals surface area contributed by atoms with Crippen molar-refractivity contribution in [1.29, 1.82) is 0 Å². The Morgan fingerprint density at radius 2 is 1.38 bits per heavy atom. The Bertz CT molecular complexity index is 691. The third-order valence-corrected chi connectivity index (χ3v) is 5.64. The number of fused-ring (bicyclic) bond motifs is 1. The second-order valence-electron chi connectivity index (χ2n) is 6.94. The molecule has 0 bridgehead atoms. The van der Waals surface area contributed by atoms with E-state index in [-0.39, 0.29) is 0 Å². The van der Waals surface area contributed by atoms with Gasteiger partial charge in [0.15, 0.2) is 0 Å². The second kappa shape index (κ2) is 7.55. The van der Waals surface area contributed by atoms with Crippen molar-refractivity contribution in [3.8, 4) is 11.1 Å². The zero-order valence-electron chi connectivity index (χ0n) is 16.7. The minimum atomic E-state index is 0.603. The van der Waals surface area contributed by atoms with Gasteiger partial charge in [0, 0.05) is 0 Å². The quantitative estimate of drug-likeness (QED) is 0.541. The number of hydrogen-bond donors (Lipinski definition) is 0. The maximum atomic E-state index is 2.45. The van der Waals surface area contributed by atoms with Gasteiger partial charge < -0.3 is 0 Å². The van der Waals surface area contributed by atoms with E-state index in [2.05, 4.69) is 57.2 Å². The van der Waals surface area contributed by atoms with E-state index in [1.165, 1.54) is 47.1 Å². The van der Waals surface area contributed by atoms with Gasteiger partial charge in [0.2, 0.25) is 0 Å². The highest BCUT2D eigenvalue weighted by atomic mass is 14.6. The van der Waals surface area contributed by atoms with Crippen LogP contribution < -0.4 is 0 Å². The fourth-order valence-corrected chi connectivity index (χ4v) is 4.17. The molecule has 0 aliphatic heterocycles. The van der Waals surface area contributed by atoms with Crippen molar-refractivity contribution in [3.05, 3.63) is 58.7 Å². The highest BCUT2D eigenvalue weighted by Gasteiger charge is 2.61. The molecule has 2 saturated carbocycles. The summed E-state index contributed by atoms with van der Waals surface area (Å²) in [4.78, 5) is 0. The number of aryl methyl sites for hydroxylation is 3. The Kier molecular flexibility index (Phi) is 5.91. The van der Waals surface area contributed by atoms with Gasteiger partial charge in [0.1, 0.15) is 0 Å². The van der Waals surface area contributed by atoms with Crippen LogP contribution in [0.25, 0.3) is 11.1 Å². The molecule has 0 saturated heterocycles. The van der Waals surface area contributed by atoms with Crippen molar-refractivity contribution >= 4 is 0 Å². The van der Waals surface area contributed by atoms with E-state index in [4.69, 9.17) is 0 Å². The van der Waals surface area contributed by atoms with Crippen LogP contribution in [0.1, 0.15) is 69.2 Å². The largest absolute Gasteiger partial charge is 0.0683 e. The fraction of sp³-hybridized carbons (Fsp3) is 0.500. The van der Waals surface area contributed by atoms with Crippen molar-refractivity contribution in [2.75, 3.05) is 0 Å². The molecule has 130 valence electrons. The Hall–Kier alpha value is -1.56. The SMILES string of the molecule is CC.CC.Cc1ccc(-c2ccc([C@@]34CCC3C4)cc2C)c(C)c1. The van der Waals surface area contributed by atoms with E-state index in [0.29, 0.717) is 5.41 Å². The summed E-state index contributed by atoms with van der Waals surface area (Å²) in [5, 5.41) is 0. The van der Waals surface area contributed by atoms with Gasteiger partial charge in [-0.1, -0.05) is 69.7 Å². The van der Waals surface area contributed by atoms with Gasteiger partial charge >= 0.3 is 0 Å². The molecule has 0 nitrogen and oxygen atoms in total. The predicted octanol–water partition coefficient (Wildman–Crippen LogP) is 7.38. The van der Waals surface area contributed by atoms with Gasteiger partial charge in [-0.25, -0.2) is 0 Å². The molecule has 2 aliphatic carbocycles. The predicted molar refractivity (Wildman–Crippen MR) is 108 cm³/mol. The summed E-state index contributed by atoms with van der Waals surface area (Å²) < 4.78 is 0. The summed E-state index contributed by atoms with van der Waals surface area (Å²) in [6.07, 6.45) is 4.31. The minimum Gasteiger partial charge on any atom is -0.0683 e. The van der Waals surface area contributed by atoms with Gasteiger partial charge in [0.25, 0.3) is 0 Å². The maximum Gasteiger partial charge on any atom is -0.00153 e. The molecule has 2 aliphatic rings. The molecule has 2 aromatic rings. The van der Waals surface area contributed by atoms with Crippen LogP contribution in [0.2, 0.25) is 0 Å². The van der Waals surface area contributed by atoms with E-state index >= 15 is 0 Å². The fourth-order valence-electron chi connectivity index (χ4n) is 4.17. The highest BCUT2D eigenvalue weighted by Crippen LogP contribution is 2.68. The third kappa shape index (κ3) is 3.16. The Balaban J connectivity index is 0.000000487. The van der Waals surface area contributed by atoms with Gasteiger partial charge in [-0.05, 0) is 79.2 Å². The lowest BCUT2D eigenvalue weighted by Gasteiger charge is -2.26. The summed E-state index contributed by atoms with van der Waals surface area (Å²) in [6, 6.07) is 14.0. The molecule has 0 aromatic heterocycles. The lowest BCUT2D eigenvalue weighted by molar-refractivity contribution is 0.400. The second-order valence-corrected chi connectivity index (χ2v) is 6.94. The zero-order valence-corrected chi connectivity index (χ0v) is 16.7. The van der Waals surface area contributed by atoms with Crippen molar-refractivity contribution in [2.24, 2.45) is 5.92 Å². The topological polar surface area (TPSA) is 0 Å². The Morgan fingerprint density at radius 1 is 0.792 bits per heavy atom. The van der Waals surface area contributed by atoms with Gasteiger partial charge in [-0.3, -0.25) is 0 Å². The van der Waals surface area contributed by atoms with Gasteiger partial charge in [-0.15, -0.1) is 0 Å². The first-order valence-corrected chi connectivity index (χ1v) is 9.79. The van der Waals surface area contributed by atoms with E-state index in [1.54, 1.807) is 5.56 Å². The molecule has 0 heterocycles. The number of benzene rings is 2. The maximum absolute atomic E-state index is 2.45. The zero-order chi connectivity index (χ0) is 17.9. The lowest BCUT2D eigenvalue weighted by atomic mass is 9.78. The summed E-state index contributed by atoms with van der Waals surface area (Å²) in [5.41, 5.74) is 9.14. The van der Waals surface area contributed by atoms with Crippen LogP contribution >= 0.6 is 0 Å². The molecule has 0 N–H and O–H groups in total. The van der Waals surface area contributed by atoms with Crippen LogP contribution in [0, 0.1) is 26.7 Å². The van der Waals surface area contributed by atoms with E-state index in [1.807, 2.05) is 27.7 Å². The average molecular weight is 323 g/mol. The van der Waals surface area contributed by atoms with Crippen LogP contribution in [-0.4, -0.2) is 0 Å².